The second kappa shape index (κ2) is 6.22. The van der Waals surface area contributed by atoms with Crippen molar-refractivity contribution >= 4 is 9.20 Å². The Labute approximate surface area is 58.1 Å². The van der Waals surface area contributed by atoms with Crippen LogP contribution in [0.5, 0.6) is 0 Å². The number of nitrogens with one attached hydrogen (secondary N) is 1. The van der Waals surface area contributed by atoms with Gasteiger partial charge in [0, 0.05) is 13.1 Å². The Morgan fingerprint density at radius 2 is 2.33 bits per heavy atom. The van der Waals surface area contributed by atoms with E-state index < -0.39 is 9.20 Å². The Balaban J connectivity index is 2.95. The largest absolute Gasteiger partial charge is 0.421 e. The van der Waals surface area contributed by atoms with E-state index in [1.807, 2.05) is 0 Å². The van der Waals surface area contributed by atoms with Crippen molar-refractivity contribution in [2.75, 3.05) is 13.1 Å². The summed E-state index contributed by atoms with van der Waals surface area (Å²) in [6.07, 6.45) is 1.06. The zero-order valence-corrected chi connectivity index (χ0v) is 7.09. The monoisotopic (exact) mass is 148 g/mol. The van der Waals surface area contributed by atoms with Gasteiger partial charge < -0.3 is 15.5 Å². The summed E-state index contributed by atoms with van der Waals surface area (Å²) in [6.45, 7) is 3.45. The smallest absolute Gasteiger partial charge is 0.249 e. The predicted octanol–water partition coefficient (Wildman–Crippen LogP) is -0.842. The third kappa shape index (κ3) is 5.98. The van der Waals surface area contributed by atoms with Crippen molar-refractivity contribution in [3.05, 3.63) is 0 Å². The van der Waals surface area contributed by atoms with E-state index in [0.717, 1.165) is 19.0 Å². The van der Waals surface area contributed by atoms with E-state index in [4.69, 9.17) is 10.5 Å². The molecule has 56 valence electrons. The minimum atomic E-state index is -1.55. The van der Waals surface area contributed by atoms with Gasteiger partial charge in [0.2, 0.25) is 9.20 Å². The molecule has 4 heteroatoms. The van der Waals surface area contributed by atoms with Gasteiger partial charge in [0.05, 0.1) is 0 Å². The molecule has 1 unspecified atom stereocenters. The normalized spacial score (nSPS) is 13.7. The van der Waals surface area contributed by atoms with Gasteiger partial charge in [0.15, 0.2) is 0 Å². The van der Waals surface area contributed by atoms with Gasteiger partial charge in [-0.25, -0.2) is 0 Å². The van der Waals surface area contributed by atoms with E-state index in [9.17, 15) is 0 Å². The molecule has 0 aromatic heterocycles. The third-order valence-corrected chi connectivity index (χ3v) is 2.97. The highest BCUT2D eigenvalue weighted by atomic mass is 28.3. The highest BCUT2D eigenvalue weighted by Crippen LogP contribution is 1.88. The fourth-order valence-electron chi connectivity index (χ4n) is 0.625. The van der Waals surface area contributed by atoms with Crippen LogP contribution in [0.15, 0.2) is 0 Å². The molecule has 0 spiro atoms. The van der Waals surface area contributed by atoms with Crippen LogP contribution in [0.25, 0.3) is 0 Å². The Morgan fingerprint density at radius 3 is 2.78 bits per heavy atom. The van der Waals surface area contributed by atoms with Crippen LogP contribution in [0, 0.1) is 0 Å². The molecule has 0 saturated heterocycles. The molecule has 0 saturated carbocycles. The topological polar surface area (TPSA) is 58.3 Å². The summed E-state index contributed by atoms with van der Waals surface area (Å²) >= 11 is 0. The van der Waals surface area contributed by atoms with Crippen molar-refractivity contribution in [2.24, 2.45) is 5.73 Å². The molecule has 0 radical (unpaired) electrons. The van der Waals surface area contributed by atoms with Gasteiger partial charge in [-0.05, 0) is 6.04 Å². The summed E-state index contributed by atoms with van der Waals surface area (Å²) in [4.78, 5) is 12.2. The van der Waals surface area contributed by atoms with Gasteiger partial charge >= 0.3 is 0 Å². The summed E-state index contributed by atoms with van der Waals surface area (Å²) in [5, 5.41) is 0. The minimum Gasteiger partial charge on any atom is -0.421 e. The molecule has 0 aliphatic rings. The van der Waals surface area contributed by atoms with Gasteiger partial charge in [-0.1, -0.05) is 13.3 Å². The van der Waals surface area contributed by atoms with Gasteiger partial charge in [0.1, 0.15) is 0 Å². The standard InChI is InChI=1S/C5H16N2OSi/c1-2-5-9(8)7-4-3-6/h7-9H,2-6H2,1H3. The van der Waals surface area contributed by atoms with Crippen LogP contribution in [0.1, 0.15) is 13.3 Å². The number of rotatable bonds is 5. The van der Waals surface area contributed by atoms with Gasteiger partial charge in [-0.15, -0.1) is 0 Å². The first-order chi connectivity index (χ1) is 4.31. The lowest BCUT2D eigenvalue weighted by molar-refractivity contribution is 0.542. The first-order valence-electron chi connectivity index (χ1n) is 3.42. The van der Waals surface area contributed by atoms with Crippen LogP contribution in [0.2, 0.25) is 6.04 Å². The fourth-order valence-corrected chi connectivity index (χ4v) is 1.88. The first kappa shape index (κ1) is 9.10. The van der Waals surface area contributed by atoms with Crippen LogP contribution in [0.3, 0.4) is 0 Å². The molecular weight excluding hydrogens is 132 g/mol. The molecule has 3 nitrogen and oxygen atoms in total. The Morgan fingerprint density at radius 1 is 1.67 bits per heavy atom. The fraction of sp³-hybridized carbons (Fsp3) is 1.00. The van der Waals surface area contributed by atoms with Gasteiger partial charge in [-0.2, -0.15) is 0 Å². The number of hydrogen-bond acceptors (Lipinski definition) is 3. The second-order valence-corrected chi connectivity index (χ2v) is 4.06. The van der Waals surface area contributed by atoms with Crippen LogP contribution < -0.4 is 10.7 Å². The quantitative estimate of drug-likeness (QED) is 0.445. The van der Waals surface area contributed by atoms with E-state index in [1.54, 1.807) is 0 Å². The Hall–Kier alpha value is 0.0969. The highest BCUT2D eigenvalue weighted by molar-refractivity contribution is 6.47. The van der Waals surface area contributed by atoms with Crippen molar-refractivity contribution in [1.82, 2.24) is 4.98 Å². The van der Waals surface area contributed by atoms with E-state index in [0.29, 0.717) is 6.54 Å². The van der Waals surface area contributed by atoms with E-state index >= 15 is 0 Å². The van der Waals surface area contributed by atoms with Gasteiger partial charge in [-0.3, -0.25) is 0 Å². The molecule has 0 aromatic rings. The lowest BCUT2D eigenvalue weighted by atomic mass is 10.6. The average Bonchev–Trinajstić information content (AvgIpc) is 1.85. The molecular formula is C5H16N2OSi. The minimum absolute atomic E-state index is 0.619. The summed E-state index contributed by atoms with van der Waals surface area (Å²) < 4.78 is 0. The predicted molar refractivity (Wildman–Crippen MR) is 41.5 cm³/mol. The maximum Gasteiger partial charge on any atom is 0.249 e. The lowest BCUT2D eigenvalue weighted by Crippen LogP contribution is -2.37. The summed E-state index contributed by atoms with van der Waals surface area (Å²) in [6, 6.07) is 0.944. The number of hydrogen-bond donors (Lipinski definition) is 3. The van der Waals surface area contributed by atoms with Crippen molar-refractivity contribution in [3.63, 3.8) is 0 Å². The van der Waals surface area contributed by atoms with E-state index in [-0.39, 0.29) is 0 Å². The van der Waals surface area contributed by atoms with Crippen molar-refractivity contribution in [2.45, 2.75) is 19.4 Å². The van der Waals surface area contributed by atoms with Crippen LogP contribution in [0.4, 0.5) is 0 Å². The first-order valence-corrected chi connectivity index (χ1v) is 5.33. The SMILES string of the molecule is CCC[SiH](O)NCCN. The average molecular weight is 148 g/mol. The Bertz CT molecular complexity index is 62.9. The molecule has 4 N–H and O–H groups in total. The van der Waals surface area contributed by atoms with Crippen molar-refractivity contribution in [3.8, 4) is 0 Å². The molecule has 1 atom stereocenters. The third-order valence-electron chi connectivity index (χ3n) is 1.09. The molecule has 0 rings (SSSR count). The molecule has 0 aliphatic heterocycles. The van der Waals surface area contributed by atoms with Crippen LogP contribution in [-0.2, 0) is 0 Å². The molecule has 0 amide bonds. The van der Waals surface area contributed by atoms with E-state index in [1.165, 1.54) is 0 Å². The van der Waals surface area contributed by atoms with E-state index in [2.05, 4.69) is 11.9 Å². The molecule has 0 aliphatic carbocycles. The summed E-state index contributed by atoms with van der Waals surface area (Å²) in [5.41, 5.74) is 5.22. The molecule has 0 bridgehead atoms. The molecule has 0 fully saturated rings. The highest BCUT2D eigenvalue weighted by Gasteiger charge is 2.01. The maximum atomic E-state index is 9.15. The molecule has 0 aromatic carbocycles. The van der Waals surface area contributed by atoms with Gasteiger partial charge in [0.25, 0.3) is 0 Å². The zero-order chi connectivity index (χ0) is 7.11. The van der Waals surface area contributed by atoms with Crippen LogP contribution in [-0.4, -0.2) is 27.1 Å². The maximum absolute atomic E-state index is 9.15. The summed E-state index contributed by atoms with van der Waals surface area (Å²) in [7, 11) is -1.55. The summed E-state index contributed by atoms with van der Waals surface area (Å²) in [5.74, 6) is 0. The van der Waals surface area contributed by atoms with Crippen molar-refractivity contribution in [1.29, 1.82) is 0 Å². The second-order valence-electron chi connectivity index (χ2n) is 2.05. The Kier molecular flexibility index (Phi) is 6.29. The lowest BCUT2D eigenvalue weighted by Gasteiger charge is -2.06. The van der Waals surface area contributed by atoms with Crippen molar-refractivity contribution < 1.29 is 4.80 Å². The molecule has 9 heavy (non-hydrogen) atoms. The number of nitrogens with two attached hydrogens (primary N) is 1. The van der Waals surface area contributed by atoms with Crippen LogP contribution >= 0.6 is 0 Å². The zero-order valence-electron chi connectivity index (χ0n) is 5.93. The molecule has 0 heterocycles.